The Hall–Kier alpha value is -3.14. The summed E-state index contributed by atoms with van der Waals surface area (Å²) in [5.41, 5.74) is -0.409. The summed E-state index contributed by atoms with van der Waals surface area (Å²) in [4.78, 5) is 38.8. The van der Waals surface area contributed by atoms with E-state index in [0.29, 0.717) is 5.69 Å². The Morgan fingerprint density at radius 1 is 1.00 bits per heavy atom. The first kappa shape index (κ1) is 26.1. The maximum absolute atomic E-state index is 14.5. The number of nitrogens with one attached hydrogen (secondary N) is 2. The van der Waals surface area contributed by atoms with Crippen LogP contribution < -0.4 is 15.5 Å². The van der Waals surface area contributed by atoms with Crippen molar-refractivity contribution < 1.29 is 27.4 Å². The van der Waals surface area contributed by atoms with Gasteiger partial charge in [0.05, 0.1) is 5.69 Å². The minimum Gasteiger partial charge on any atom is -0.350 e. The highest BCUT2D eigenvalue weighted by atomic mass is 32.2. The van der Waals surface area contributed by atoms with Crippen LogP contribution in [0.4, 0.5) is 20.2 Å². The van der Waals surface area contributed by atoms with Crippen LogP contribution in [0.25, 0.3) is 0 Å². The molecule has 0 unspecified atom stereocenters. The number of nitrogens with zero attached hydrogens (tertiary/aromatic N) is 1. The van der Waals surface area contributed by atoms with Crippen molar-refractivity contribution in [2.24, 2.45) is 0 Å². The van der Waals surface area contributed by atoms with Gasteiger partial charge in [-0.2, -0.15) is 0 Å². The Labute approximate surface area is 194 Å². The van der Waals surface area contributed by atoms with Gasteiger partial charge in [-0.05, 0) is 64.1 Å². The maximum atomic E-state index is 14.5. The third kappa shape index (κ3) is 8.05. The van der Waals surface area contributed by atoms with E-state index in [-0.39, 0.29) is 5.69 Å². The molecule has 0 aliphatic rings. The summed E-state index contributed by atoms with van der Waals surface area (Å²) in [6.45, 7) is 6.74. The number of para-hydroxylation sites is 1. The fourth-order valence-corrected chi connectivity index (χ4v) is 3.81. The fraction of sp³-hybridized carbons (Fsp3) is 0.348. The monoisotopic (exact) mass is 479 g/mol. The zero-order valence-corrected chi connectivity index (χ0v) is 19.7. The number of rotatable bonds is 8. The Kier molecular flexibility index (Phi) is 8.81. The third-order valence-electron chi connectivity index (χ3n) is 4.35. The van der Waals surface area contributed by atoms with E-state index in [2.05, 4.69) is 10.6 Å². The molecule has 2 aromatic carbocycles. The molecule has 3 amide bonds. The van der Waals surface area contributed by atoms with Crippen molar-refractivity contribution in [1.29, 1.82) is 0 Å². The normalized spacial score (nSPS) is 13.0. The summed E-state index contributed by atoms with van der Waals surface area (Å²) < 4.78 is 40.0. The number of hydrogen-bond acceptors (Lipinski definition) is 4. The molecule has 0 saturated carbocycles. The standard InChI is InChI=1S/C23H27F2N3O4S/c1-15(22(31)27-23(2,3)4)28(19-8-6-5-7-18(19)25)21(30)14-33(32)13-20(29)26-17-11-9-16(24)10-12-17/h5-12,15H,13-14H2,1-4H3,(H,26,29)(H,27,31)/t15-,33-/m0/s1. The molecular weight excluding hydrogens is 452 g/mol. The van der Waals surface area contributed by atoms with Gasteiger partial charge in [0, 0.05) is 22.0 Å². The number of amides is 3. The van der Waals surface area contributed by atoms with Crippen molar-refractivity contribution >= 4 is 39.9 Å². The summed E-state index contributed by atoms with van der Waals surface area (Å²) in [7, 11) is -1.94. The Balaban J connectivity index is 2.14. The van der Waals surface area contributed by atoms with Gasteiger partial charge in [0.2, 0.25) is 17.7 Å². The zero-order valence-electron chi connectivity index (χ0n) is 18.9. The number of benzene rings is 2. The van der Waals surface area contributed by atoms with Gasteiger partial charge in [-0.15, -0.1) is 0 Å². The van der Waals surface area contributed by atoms with Crippen molar-refractivity contribution in [3.8, 4) is 0 Å². The lowest BCUT2D eigenvalue weighted by molar-refractivity contribution is -0.126. The Bertz CT molecular complexity index is 1040. The quantitative estimate of drug-likeness (QED) is 0.609. The number of anilines is 2. The molecule has 2 atom stereocenters. The minimum absolute atomic E-state index is 0.133. The van der Waals surface area contributed by atoms with Gasteiger partial charge in [0.15, 0.2) is 0 Å². The summed E-state index contributed by atoms with van der Waals surface area (Å²) in [5, 5.41) is 5.20. The second-order valence-electron chi connectivity index (χ2n) is 8.41. The van der Waals surface area contributed by atoms with E-state index >= 15 is 0 Å². The van der Waals surface area contributed by atoms with Gasteiger partial charge in [-0.3, -0.25) is 23.5 Å². The first-order valence-electron chi connectivity index (χ1n) is 10.2. The molecule has 10 heteroatoms. The first-order valence-corrected chi connectivity index (χ1v) is 11.6. The lowest BCUT2D eigenvalue weighted by Gasteiger charge is -2.31. The van der Waals surface area contributed by atoms with E-state index in [1.807, 2.05) is 0 Å². The van der Waals surface area contributed by atoms with Gasteiger partial charge in [0.25, 0.3) is 0 Å². The van der Waals surface area contributed by atoms with E-state index < -0.39 is 63.2 Å². The van der Waals surface area contributed by atoms with Crippen LogP contribution in [0.15, 0.2) is 48.5 Å². The number of carbonyl (C=O) groups is 3. The molecular formula is C23H27F2N3O4S. The van der Waals surface area contributed by atoms with Crippen LogP contribution in [0.5, 0.6) is 0 Å². The molecule has 2 rings (SSSR count). The molecule has 33 heavy (non-hydrogen) atoms. The molecule has 0 aliphatic heterocycles. The maximum Gasteiger partial charge on any atom is 0.243 e. The van der Waals surface area contributed by atoms with Crippen LogP contribution in [0.2, 0.25) is 0 Å². The van der Waals surface area contributed by atoms with Crippen LogP contribution in [0, 0.1) is 11.6 Å². The molecule has 0 heterocycles. The largest absolute Gasteiger partial charge is 0.350 e. The zero-order chi connectivity index (χ0) is 24.8. The number of halogens is 2. The number of hydrogen-bond donors (Lipinski definition) is 2. The predicted octanol–water partition coefficient (Wildman–Crippen LogP) is 2.99. The van der Waals surface area contributed by atoms with Gasteiger partial charge >= 0.3 is 0 Å². The summed E-state index contributed by atoms with van der Waals surface area (Å²) in [6, 6.07) is 9.36. The minimum atomic E-state index is -1.94. The highest BCUT2D eigenvalue weighted by Gasteiger charge is 2.32. The second-order valence-corrected chi connectivity index (χ2v) is 9.87. The summed E-state index contributed by atoms with van der Waals surface area (Å²) in [6.07, 6.45) is 0. The first-order chi connectivity index (χ1) is 15.4. The Morgan fingerprint density at radius 3 is 2.18 bits per heavy atom. The van der Waals surface area contributed by atoms with Crippen LogP contribution >= 0.6 is 0 Å². The molecule has 7 nitrogen and oxygen atoms in total. The lowest BCUT2D eigenvalue weighted by Crippen LogP contribution is -2.54. The van der Waals surface area contributed by atoms with Crippen LogP contribution in [-0.2, 0) is 25.2 Å². The Morgan fingerprint density at radius 2 is 1.61 bits per heavy atom. The molecule has 2 aromatic rings. The highest BCUT2D eigenvalue weighted by molar-refractivity contribution is 7.86. The fourth-order valence-electron chi connectivity index (χ4n) is 2.93. The van der Waals surface area contributed by atoms with Crippen LogP contribution in [0.1, 0.15) is 27.7 Å². The third-order valence-corrected chi connectivity index (χ3v) is 5.50. The van der Waals surface area contributed by atoms with Crippen LogP contribution in [-0.4, -0.2) is 45.0 Å². The molecule has 0 aliphatic carbocycles. The summed E-state index contributed by atoms with van der Waals surface area (Å²) in [5.74, 6) is -4.22. The van der Waals surface area contributed by atoms with Gasteiger partial charge < -0.3 is 10.6 Å². The number of carbonyl (C=O) groups excluding carboxylic acids is 3. The van der Waals surface area contributed by atoms with Crippen molar-refractivity contribution in [1.82, 2.24) is 5.32 Å². The van der Waals surface area contributed by atoms with Crippen molar-refractivity contribution in [3.63, 3.8) is 0 Å². The molecule has 0 aromatic heterocycles. The topological polar surface area (TPSA) is 95.6 Å². The molecule has 178 valence electrons. The van der Waals surface area contributed by atoms with E-state index in [4.69, 9.17) is 0 Å². The van der Waals surface area contributed by atoms with Crippen molar-refractivity contribution in [2.45, 2.75) is 39.3 Å². The van der Waals surface area contributed by atoms with Gasteiger partial charge in [0.1, 0.15) is 29.2 Å². The van der Waals surface area contributed by atoms with E-state index in [1.165, 1.54) is 37.3 Å². The molecule has 0 fully saturated rings. The molecule has 0 saturated heterocycles. The van der Waals surface area contributed by atoms with Gasteiger partial charge in [-0.1, -0.05) is 12.1 Å². The van der Waals surface area contributed by atoms with E-state index in [1.54, 1.807) is 20.8 Å². The highest BCUT2D eigenvalue weighted by Crippen LogP contribution is 2.22. The van der Waals surface area contributed by atoms with E-state index in [0.717, 1.165) is 23.1 Å². The molecule has 0 radical (unpaired) electrons. The molecule has 0 spiro atoms. The lowest BCUT2D eigenvalue weighted by atomic mass is 10.1. The SMILES string of the molecule is C[C@@H](C(=O)NC(C)(C)C)N(C(=O)C[S@@](=O)CC(=O)Nc1ccc(F)cc1)c1ccccc1F. The van der Waals surface area contributed by atoms with Gasteiger partial charge in [-0.25, -0.2) is 8.78 Å². The summed E-state index contributed by atoms with van der Waals surface area (Å²) >= 11 is 0. The second kappa shape index (κ2) is 11.1. The molecule has 0 bridgehead atoms. The van der Waals surface area contributed by atoms with E-state index in [9.17, 15) is 27.4 Å². The van der Waals surface area contributed by atoms with Crippen molar-refractivity contribution in [2.75, 3.05) is 21.7 Å². The molecule has 2 N–H and O–H groups in total. The van der Waals surface area contributed by atoms with Crippen LogP contribution in [0.3, 0.4) is 0 Å². The van der Waals surface area contributed by atoms with Crippen molar-refractivity contribution in [3.05, 3.63) is 60.2 Å². The average molecular weight is 480 g/mol. The smallest absolute Gasteiger partial charge is 0.243 e. The average Bonchev–Trinajstić information content (AvgIpc) is 2.69. The predicted molar refractivity (Wildman–Crippen MR) is 124 cm³/mol.